The summed E-state index contributed by atoms with van der Waals surface area (Å²) in [4.78, 5) is 13.1. The molecule has 28 heavy (non-hydrogen) atoms. The van der Waals surface area contributed by atoms with Crippen LogP contribution in [0.2, 0.25) is 0 Å². The van der Waals surface area contributed by atoms with Crippen LogP contribution in [0.25, 0.3) is 0 Å². The molecule has 1 saturated carbocycles. The molecule has 150 valence electrons. The van der Waals surface area contributed by atoms with E-state index >= 15 is 0 Å². The monoisotopic (exact) mass is 394 g/mol. The van der Waals surface area contributed by atoms with E-state index in [0.29, 0.717) is 24.8 Å². The summed E-state index contributed by atoms with van der Waals surface area (Å²) in [6.07, 6.45) is -0.863. The molecule has 0 radical (unpaired) electrons. The summed E-state index contributed by atoms with van der Waals surface area (Å²) in [5.74, 6) is -0.673. The van der Waals surface area contributed by atoms with Gasteiger partial charge < -0.3 is 10.2 Å². The highest BCUT2D eigenvalue weighted by atomic mass is 19.4. The lowest BCUT2D eigenvalue weighted by Crippen LogP contribution is -2.37. The van der Waals surface area contributed by atoms with E-state index in [1.807, 2.05) is 39.2 Å². The lowest BCUT2D eigenvalue weighted by atomic mass is 9.85. The molecule has 1 atom stereocenters. The maximum Gasteiger partial charge on any atom is 0.471 e. The molecule has 7 nitrogen and oxygen atoms in total. The fraction of sp³-hybridized carbons (Fsp3) is 0.556. The van der Waals surface area contributed by atoms with E-state index < -0.39 is 12.1 Å². The maximum absolute atomic E-state index is 12.4. The number of nitrogens with zero attached hydrogens (tertiary/aromatic N) is 5. The van der Waals surface area contributed by atoms with Crippen LogP contribution in [0.15, 0.2) is 24.3 Å². The largest absolute Gasteiger partial charge is 0.471 e. The van der Waals surface area contributed by atoms with Gasteiger partial charge in [0.1, 0.15) is 0 Å². The van der Waals surface area contributed by atoms with E-state index in [0.717, 1.165) is 17.8 Å². The number of halogens is 3. The van der Waals surface area contributed by atoms with Crippen molar-refractivity contribution in [1.82, 2.24) is 25.5 Å². The summed E-state index contributed by atoms with van der Waals surface area (Å²) in [5.41, 5.74) is 1.99. The van der Waals surface area contributed by atoms with Crippen LogP contribution in [0.3, 0.4) is 0 Å². The molecule has 1 aliphatic heterocycles. The van der Waals surface area contributed by atoms with Crippen molar-refractivity contribution < 1.29 is 18.0 Å². The second kappa shape index (κ2) is 7.40. The van der Waals surface area contributed by atoms with Crippen LogP contribution < -0.4 is 10.2 Å². The number of hydrogen-bond donors (Lipinski definition) is 1. The van der Waals surface area contributed by atoms with Gasteiger partial charge in [0.15, 0.2) is 0 Å². The van der Waals surface area contributed by atoms with E-state index in [-0.39, 0.29) is 12.5 Å². The summed E-state index contributed by atoms with van der Waals surface area (Å²) >= 11 is 0. The Balaban J connectivity index is 1.47. The fourth-order valence-electron chi connectivity index (χ4n) is 3.82. The van der Waals surface area contributed by atoms with Gasteiger partial charge in [-0.2, -0.15) is 13.2 Å². The number of nitrogens with one attached hydrogen (secondary N) is 1. The minimum atomic E-state index is -4.86. The third kappa shape index (κ3) is 3.67. The smallest absolute Gasteiger partial charge is 0.348 e. The van der Waals surface area contributed by atoms with Crippen LogP contribution >= 0.6 is 0 Å². The van der Waals surface area contributed by atoms with Gasteiger partial charge in [-0.25, -0.2) is 4.68 Å². The summed E-state index contributed by atoms with van der Waals surface area (Å²) < 4.78 is 38.9. The van der Waals surface area contributed by atoms with Crippen molar-refractivity contribution in [2.24, 2.45) is 5.92 Å². The number of rotatable bonds is 6. The predicted octanol–water partition coefficient (Wildman–Crippen LogP) is 2.78. The molecule has 2 heterocycles. The summed E-state index contributed by atoms with van der Waals surface area (Å²) in [6.45, 7) is 1.29. The van der Waals surface area contributed by atoms with Crippen LogP contribution in [-0.2, 0) is 11.3 Å². The SMILES string of the molecule is O=C(NCCC1CN(c2nnnn2CC2CCC2)c2ccccc21)C(F)(F)F. The zero-order valence-corrected chi connectivity index (χ0v) is 15.2. The standard InChI is InChI=1S/C18H21F3N6O/c19-18(20,21)16(28)22-9-8-13-11-26(15-7-2-1-6-14(13)15)17-23-24-25-27(17)10-12-4-3-5-12/h1-2,6-7,12-13H,3-5,8-11H2,(H,22,28). The van der Waals surface area contributed by atoms with Gasteiger partial charge >= 0.3 is 12.1 Å². The second-order valence-electron chi connectivity index (χ2n) is 7.37. The Morgan fingerprint density at radius 2 is 2.04 bits per heavy atom. The first-order valence-corrected chi connectivity index (χ1v) is 9.41. The molecule has 1 aromatic heterocycles. The first-order valence-electron chi connectivity index (χ1n) is 9.41. The molecule has 1 aliphatic carbocycles. The quantitative estimate of drug-likeness (QED) is 0.815. The number of carbonyl (C=O) groups is 1. The predicted molar refractivity (Wildman–Crippen MR) is 95.0 cm³/mol. The van der Waals surface area contributed by atoms with Crippen LogP contribution in [0.5, 0.6) is 0 Å². The van der Waals surface area contributed by atoms with Crippen molar-refractivity contribution in [2.75, 3.05) is 18.0 Å². The third-order valence-corrected chi connectivity index (χ3v) is 5.52. The van der Waals surface area contributed by atoms with Gasteiger partial charge in [0.05, 0.1) is 0 Å². The molecule has 2 aliphatic rings. The lowest BCUT2D eigenvalue weighted by Gasteiger charge is -2.26. The molecule has 2 aromatic rings. The van der Waals surface area contributed by atoms with Gasteiger partial charge in [0.25, 0.3) is 0 Å². The van der Waals surface area contributed by atoms with E-state index in [2.05, 4.69) is 15.5 Å². The van der Waals surface area contributed by atoms with Crippen LogP contribution in [0, 0.1) is 5.92 Å². The lowest BCUT2D eigenvalue weighted by molar-refractivity contribution is -0.173. The number of amides is 1. The van der Waals surface area contributed by atoms with Gasteiger partial charge in [-0.3, -0.25) is 4.79 Å². The van der Waals surface area contributed by atoms with Crippen molar-refractivity contribution in [3.8, 4) is 0 Å². The zero-order chi connectivity index (χ0) is 19.7. The molecule has 1 unspecified atom stereocenters. The van der Waals surface area contributed by atoms with Gasteiger partial charge in [-0.15, -0.1) is 0 Å². The number of anilines is 2. The number of carbonyl (C=O) groups excluding carboxylic acids is 1. The summed E-state index contributed by atoms with van der Waals surface area (Å²) in [6, 6.07) is 7.75. The Morgan fingerprint density at radius 3 is 2.75 bits per heavy atom. The molecule has 0 bridgehead atoms. The summed E-state index contributed by atoms with van der Waals surface area (Å²) in [5, 5.41) is 14.1. The molecular formula is C18H21F3N6O. The van der Waals surface area contributed by atoms with Gasteiger partial charge in [0.2, 0.25) is 5.95 Å². The number of para-hydroxylation sites is 1. The Labute approximate surface area is 159 Å². The Bertz CT molecular complexity index is 848. The highest BCUT2D eigenvalue weighted by Gasteiger charge is 2.39. The third-order valence-electron chi connectivity index (χ3n) is 5.52. The Kier molecular flexibility index (Phi) is 4.94. The summed E-state index contributed by atoms with van der Waals surface area (Å²) in [7, 11) is 0. The normalized spacial score (nSPS) is 19.4. The first-order chi connectivity index (χ1) is 13.4. The van der Waals surface area contributed by atoms with Crippen molar-refractivity contribution in [2.45, 2.75) is 44.3 Å². The van der Waals surface area contributed by atoms with Crippen molar-refractivity contribution in [1.29, 1.82) is 0 Å². The molecule has 4 rings (SSSR count). The molecule has 1 amide bonds. The Morgan fingerprint density at radius 1 is 1.25 bits per heavy atom. The first kappa shape index (κ1) is 18.7. The highest BCUT2D eigenvalue weighted by molar-refractivity contribution is 5.81. The van der Waals surface area contributed by atoms with Gasteiger partial charge in [-0.1, -0.05) is 29.7 Å². The maximum atomic E-state index is 12.4. The topological polar surface area (TPSA) is 75.9 Å². The molecule has 0 spiro atoms. The van der Waals surface area contributed by atoms with Gasteiger partial charge in [0, 0.05) is 31.2 Å². The van der Waals surface area contributed by atoms with Crippen molar-refractivity contribution >= 4 is 17.5 Å². The highest BCUT2D eigenvalue weighted by Crippen LogP contribution is 2.41. The molecule has 10 heteroatoms. The fourth-order valence-corrected chi connectivity index (χ4v) is 3.82. The molecule has 1 N–H and O–H groups in total. The van der Waals surface area contributed by atoms with Gasteiger partial charge in [-0.05, 0) is 47.2 Å². The van der Waals surface area contributed by atoms with Crippen molar-refractivity contribution in [3.05, 3.63) is 29.8 Å². The second-order valence-corrected chi connectivity index (χ2v) is 7.37. The van der Waals surface area contributed by atoms with E-state index in [1.165, 1.54) is 19.3 Å². The molecule has 0 saturated heterocycles. The molecule has 1 fully saturated rings. The average molecular weight is 394 g/mol. The Hall–Kier alpha value is -2.65. The van der Waals surface area contributed by atoms with E-state index in [9.17, 15) is 18.0 Å². The van der Waals surface area contributed by atoms with E-state index in [4.69, 9.17) is 0 Å². The number of tetrazole rings is 1. The number of hydrogen-bond acceptors (Lipinski definition) is 5. The van der Waals surface area contributed by atoms with Crippen LogP contribution in [0.4, 0.5) is 24.8 Å². The van der Waals surface area contributed by atoms with Crippen molar-refractivity contribution in [3.63, 3.8) is 0 Å². The average Bonchev–Trinajstić information content (AvgIpc) is 3.22. The minimum absolute atomic E-state index is 0.0152. The van der Waals surface area contributed by atoms with Crippen LogP contribution in [0.1, 0.15) is 37.2 Å². The van der Waals surface area contributed by atoms with E-state index in [1.54, 1.807) is 0 Å². The molecular weight excluding hydrogens is 373 g/mol. The van der Waals surface area contributed by atoms with Crippen LogP contribution in [-0.4, -0.2) is 45.4 Å². The number of benzene rings is 1. The number of alkyl halides is 3. The molecule has 1 aromatic carbocycles. The number of aromatic nitrogens is 4. The minimum Gasteiger partial charge on any atom is -0.348 e. The zero-order valence-electron chi connectivity index (χ0n) is 15.2. The number of fused-ring (bicyclic) bond motifs is 1.